The number of rotatable bonds is 4. The van der Waals surface area contributed by atoms with Gasteiger partial charge in [0.05, 0.1) is 12.0 Å². The topological polar surface area (TPSA) is 46.3 Å². The van der Waals surface area contributed by atoms with E-state index < -0.39 is 0 Å². The smallest absolute Gasteiger partial charge is 0.233 e. The lowest BCUT2D eigenvalue weighted by Crippen LogP contribution is -2.35. The SMILES string of the molecule is CN(Cc1cc(Br)cs1)C(=O)C1(c2ccc(N)cc2)CC1. The average Bonchev–Trinajstić information content (AvgIpc) is 3.17. The predicted octanol–water partition coefficient (Wildman–Crippen LogP) is 3.78. The molecule has 0 spiro atoms. The number of benzene rings is 1. The number of nitrogens with zero attached hydrogens (tertiary/aromatic N) is 1. The molecule has 0 radical (unpaired) electrons. The van der Waals surface area contributed by atoms with Crippen molar-refractivity contribution in [3.8, 4) is 0 Å². The monoisotopic (exact) mass is 364 g/mol. The van der Waals surface area contributed by atoms with Crippen LogP contribution in [0.1, 0.15) is 23.3 Å². The van der Waals surface area contributed by atoms with Crippen molar-refractivity contribution in [1.29, 1.82) is 0 Å². The zero-order valence-electron chi connectivity index (χ0n) is 11.8. The maximum Gasteiger partial charge on any atom is 0.233 e. The van der Waals surface area contributed by atoms with Crippen LogP contribution in [0.4, 0.5) is 5.69 Å². The lowest BCUT2D eigenvalue weighted by Gasteiger charge is -2.23. The van der Waals surface area contributed by atoms with Gasteiger partial charge >= 0.3 is 0 Å². The number of anilines is 1. The van der Waals surface area contributed by atoms with Crippen LogP contribution in [-0.4, -0.2) is 17.9 Å². The molecule has 0 aliphatic heterocycles. The lowest BCUT2D eigenvalue weighted by molar-refractivity contribution is -0.133. The number of hydrogen-bond acceptors (Lipinski definition) is 3. The molecule has 1 aromatic heterocycles. The second-order valence-electron chi connectivity index (χ2n) is 5.60. The molecule has 5 heteroatoms. The Bertz CT molecular complexity index is 661. The zero-order valence-corrected chi connectivity index (χ0v) is 14.2. The lowest BCUT2D eigenvalue weighted by atomic mass is 9.94. The van der Waals surface area contributed by atoms with Crippen molar-refractivity contribution < 1.29 is 4.79 Å². The summed E-state index contributed by atoms with van der Waals surface area (Å²) >= 11 is 5.12. The first-order valence-electron chi connectivity index (χ1n) is 6.86. The number of amides is 1. The molecule has 1 saturated carbocycles. The van der Waals surface area contributed by atoms with Crippen molar-refractivity contribution in [2.75, 3.05) is 12.8 Å². The molecule has 0 bridgehead atoms. The van der Waals surface area contributed by atoms with Gasteiger partial charge in [0.2, 0.25) is 5.91 Å². The van der Waals surface area contributed by atoms with Gasteiger partial charge in [0.1, 0.15) is 0 Å². The third-order valence-electron chi connectivity index (χ3n) is 3.98. The Morgan fingerprint density at radius 3 is 2.57 bits per heavy atom. The molecule has 3 rings (SSSR count). The van der Waals surface area contributed by atoms with Gasteiger partial charge in [0.15, 0.2) is 0 Å². The highest BCUT2D eigenvalue weighted by Crippen LogP contribution is 2.49. The quantitative estimate of drug-likeness (QED) is 0.839. The fraction of sp³-hybridized carbons (Fsp3) is 0.312. The molecule has 1 heterocycles. The molecule has 21 heavy (non-hydrogen) atoms. The third kappa shape index (κ3) is 2.85. The molecule has 1 aliphatic carbocycles. The molecular formula is C16H17BrN2OS. The molecule has 2 aromatic rings. The van der Waals surface area contributed by atoms with Gasteiger partial charge in [-0.2, -0.15) is 0 Å². The van der Waals surface area contributed by atoms with Crippen LogP contribution in [0, 0.1) is 0 Å². The molecule has 2 N–H and O–H groups in total. The minimum atomic E-state index is -0.322. The number of nitrogen functional groups attached to an aromatic ring is 1. The molecule has 110 valence electrons. The number of thiophene rings is 1. The van der Waals surface area contributed by atoms with Crippen LogP contribution in [-0.2, 0) is 16.8 Å². The standard InChI is InChI=1S/C16H17BrN2OS/c1-19(9-14-8-12(17)10-21-14)15(20)16(6-7-16)11-2-4-13(18)5-3-11/h2-5,8,10H,6-7,9,18H2,1H3. The van der Waals surface area contributed by atoms with Gasteiger partial charge in [0.25, 0.3) is 0 Å². The molecule has 3 nitrogen and oxygen atoms in total. The first kappa shape index (κ1) is 14.6. The van der Waals surface area contributed by atoms with Crippen molar-refractivity contribution in [2.24, 2.45) is 0 Å². The first-order chi connectivity index (χ1) is 10.0. The van der Waals surface area contributed by atoms with E-state index in [2.05, 4.69) is 22.0 Å². The summed E-state index contributed by atoms with van der Waals surface area (Å²) in [6, 6.07) is 9.78. The van der Waals surface area contributed by atoms with Gasteiger partial charge in [-0.3, -0.25) is 4.79 Å². The molecule has 0 saturated heterocycles. The minimum absolute atomic E-state index is 0.205. The molecular weight excluding hydrogens is 348 g/mol. The Balaban J connectivity index is 1.76. The summed E-state index contributed by atoms with van der Waals surface area (Å²) in [4.78, 5) is 15.8. The number of likely N-dealkylation sites (N-methyl/N-ethyl adjacent to an activating group) is 1. The summed E-state index contributed by atoms with van der Waals surface area (Å²) in [5.74, 6) is 0.205. The van der Waals surface area contributed by atoms with Crippen molar-refractivity contribution in [1.82, 2.24) is 4.90 Å². The predicted molar refractivity (Wildman–Crippen MR) is 90.3 cm³/mol. The number of nitrogens with two attached hydrogens (primary N) is 1. The van der Waals surface area contributed by atoms with Crippen molar-refractivity contribution >= 4 is 38.9 Å². The van der Waals surface area contributed by atoms with E-state index in [1.54, 1.807) is 11.3 Å². The fourth-order valence-electron chi connectivity index (χ4n) is 2.66. The van der Waals surface area contributed by atoms with Crippen molar-refractivity contribution in [3.05, 3.63) is 50.6 Å². The maximum absolute atomic E-state index is 12.8. The van der Waals surface area contributed by atoms with Crippen LogP contribution in [0.2, 0.25) is 0 Å². The Morgan fingerprint density at radius 2 is 2.05 bits per heavy atom. The Labute approximate surface area is 136 Å². The van der Waals surface area contributed by atoms with Crippen LogP contribution in [0.25, 0.3) is 0 Å². The fourth-order valence-corrected chi connectivity index (χ4v) is 4.16. The van der Waals surface area contributed by atoms with E-state index in [0.29, 0.717) is 6.54 Å². The zero-order chi connectivity index (χ0) is 15.0. The van der Waals surface area contributed by atoms with Crippen LogP contribution < -0.4 is 5.73 Å². The summed E-state index contributed by atoms with van der Waals surface area (Å²) in [5, 5.41) is 2.04. The van der Waals surface area contributed by atoms with Gasteiger partial charge in [0, 0.05) is 27.5 Å². The normalized spacial score (nSPS) is 15.7. The van der Waals surface area contributed by atoms with Gasteiger partial charge < -0.3 is 10.6 Å². The average molecular weight is 365 g/mol. The van der Waals surface area contributed by atoms with E-state index in [4.69, 9.17) is 5.73 Å². The summed E-state index contributed by atoms with van der Waals surface area (Å²) in [7, 11) is 1.88. The highest BCUT2D eigenvalue weighted by molar-refractivity contribution is 9.10. The third-order valence-corrected chi connectivity index (χ3v) is 5.67. The second-order valence-corrected chi connectivity index (χ2v) is 7.51. The van der Waals surface area contributed by atoms with E-state index in [1.165, 1.54) is 4.88 Å². The Morgan fingerprint density at radius 1 is 1.38 bits per heavy atom. The van der Waals surface area contributed by atoms with E-state index >= 15 is 0 Å². The van der Waals surface area contributed by atoms with Gasteiger partial charge in [-0.15, -0.1) is 11.3 Å². The van der Waals surface area contributed by atoms with Crippen molar-refractivity contribution in [3.63, 3.8) is 0 Å². The second kappa shape index (κ2) is 5.46. The summed E-state index contributed by atoms with van der Waals surface area (Å²) in [6.07, 6.45) is 1.85. The summed E-state index contributed by atoms with van der Waals surface area (Å²) < 4.78 is 1.07. The van der Waals surface area contributed by atoms with E-state index in [9.17, 15) is 4.79 Å². The Hall–Kier alpha value is -1.33. The van der Waals surface area contributed by atoms with Crippen LogP contribution >= 0.6 is 27.3 Å². The number of hydrogen-bond donors (Lipinski definition) is 1. The maximum atomic E-state index is 12.8. The first-order valence-corrected chi connectivity index (χ1v) is 8.53. The number of carbonyl (C=O) groups is 1. The minimum Gasteiger partial charge on any atom is -0.399 e. The van der Waals surface area contributed by atoms with Crippen LogP contribution in [0.5, 0.6) is 0 Å². The highest BCUT2D eigenvalue weighted by Gasteiger charge is 2.52. The molecule has 1 fully saturated rings. The molecule has 1 aliphatic rings. The van der Waals surface area contributed by atoms with Gasteiger partial charge in [-0.05, 0) is 52.5 Å². The molecule has 0 unspecified atom stereocenters. The summed E-state index contributed by atoms with van der Waals surface area (Å²) in [6.45, 7) is 0.659. The van der Waals surface area contributed by atoms with Gasteiger partial charge in [-0.1, -0.05) is 12.1 Å². The van der Waals surface area contributed by atoms with Crippen LogP contribution in [0.3, 0.4) is 0 Å². The largest absolute Gasteiger partial charge is 0.399 e. The van der Waals surface area contributed by atoms with Crippen LogP contribution in [0.15, 0.2) is 40.2 Å². The Kier molecular flexibility index (Phi) is 3.80. The van der Waals surface area contributed by atoms with Crippen molar-refractivity contribution in [2.45, 2.75) is 24.8 Å². The molecule has 1 amide bonds. The number of carbonyl (C=O) groups excluding carboxylic acids is 1. The molecule has 0 atom stereocenters. The summed E-state index contributed by atoms with van der Waals surface area (Å²) in [5.41, 5.74) is 7.23. The number of halogens is 1. The van der Waals surface area contributed by atoms with Gasteiger partial charge in [-0.25, -0.2) is 0 Å². The molecule has 1 aromatic carbocycles. The van der Waals surface area contributed by atoms with E-state index in [1.807, 2.05) is 41.6 Å². The van der Waals surface area contributed by atoms with E-state index in [-0.39, 0.29) is 11.3 Å². The van der Waals surface area contributed by atoms with E-state index in [0.717, 1.165) is 28.6 Å². The highest BCUT2D eigenvalue weighted by atomic mass is 79.9.